The maximum atomic E-state index is 4.39. The van der Waals surface area contributed by atoms with Crippen molar-refractivity contribution < 1.29 is 0 Å². The maximum absolute atomic E-state index is 4.39. The molecule has 1 aliphatic heterocycles. The van der Waals surface area contributed by atoms with Gasteiger partial charge in [-0.15, -0.1) is 0 Å². The second kappa shape index (κ2) is 4.92. The van der Waals surface area contributed by atoms with Crippen molar-refractivity contribution in [3.63, 3.8) is 0 Å². The Morgan fingerprint density at radius 1 is 1.47 bits per heavy atom. The standard InChI is InChI=1S/C11H16BrN3/c1-9-3-2-4-15(8-9)11-13-6-10(5-12)7-14-11/h6-7,9H,2-5,8H2,1H3. The van der Waals surface area contributed by atoms with Crippen molar-refractivity contribution in [2.45, 2.75) is 25.1 Å². The van der Waals surface area contributed by atoms with Crippen LogP contribution in [0.2, 0.25) is 0 Å². The van der Waals surface area contributed by atoms with E-state index in [2.05, 4.69) is 37.7 Å². The van der Waals surface area contributed by atoms with Gasteiger partial charge in [0.15, 0.2) is 0 Å². The molecule has 4 heteroatoms. The Hall–Kier alpha value is -0.640. The molecule has 1 unspecified atom stereocenters. The highest BCUT2D eigenvalue weighted by Gasteiger charge is 2.18. The highest BCUT2D eigenvalue weighted by atomic mass is 79.9. The predicted octanol–water partition coefficient (Wildman–Crippen LogP) is 2.61. The summed E-state index contributed by atoms with van der Waals surface area (Å²) in [6.07, 6.45) is 6.38. The molecular formula is C11H16BrN3. The second-order valence-corrected chi connectivity index (χ2v) is 4.78. The summed E-state index contributed by atoms with van der Waals surface area (Å²) >= 11 is 3.39. The first-order valence-electron chi connectivity index (χ1n) is 5.41. The van der Waals surface area contributed by atoms with E-state index in [9.17, 15) is 0 Å². The van der Waals surface area contributed by atoms with Crippen LogP contribution in [-0.2, 0) is 5.33 Å². The van der Waals surface area contributed by atoms with Crippen molar-refractivity contribution in [3.8, 4) is 0 Å². The number of hydrogen-bond donors (Lipinski definition) is 0. The van der Waals surface area contributed by atoms with Crippen molar-refractivity contribution in [2.75, 3.05) is 18.0 Å². The van der Waals surface area contributed by atoms with Crippen molar-refractivity contribution in [2.24, 2.45) is 5.92 Å². The molecule has 1 aromatic heterocycles. The number of halogens is 1. The maximum Gasteiger partial charge on any atom is 0.225 e. The Morgan fingerprint density at radius 3 is 2.80 bits per heavy atom. The molecule has 0 saturated carbocycles. The van der Waals surface area contributed by atoms with Gasteiger partial charge in [-0.1, -0.05) is 22.9 Å². The zero-order valence-corrected chi connectivity index (χ0v) is 10.6. The highest BCUT2D eigenvalue weighted by Crippen LogP contribution is 2.19. The number of nitrogens with zero attached hydrogens (tertiary/aromatic N) is 3. The molecule has 0 bridgehead atoms. The zero-order chi connectivity index (χ0) is 10.7. The predicted molar refractivity (Wildman–Crippen MR) is 65.3 cm³/mol. The summed E-state index contributed by atoms with van der Waals surface area (Å²) in [5.41, 5.74) is 1.13. The number of rotatable bonds is 2. The van der Waals surface area contributed by atoms with Crippen LogP contribution < -0.4 is 4.90 Å². The van der Waals surface area contributed by atoms with E-state index in [-0.39, 0.29) is 0 Å². The number of hydrogen-bond acceptors (Lipinski definition) is 3. The fourth-order valence-electron chi connectivity index (χ4n) is 1.95. The first-order valence-corrected chi connectivity index (χ1v) is 6.53. The summed E-state index contributed by atoms with van der Waals surface area (Å²) in [4.78, 5) is 11.1. The van der Waals surface area contributed by atoms with Crippen LogP contribution in [0.15, 0.2) is 12.4 Å². The summed E-state index contributed by atoms with van der Waals surface area (Å²) in [7, 11) is 0. The number of piperidine rings is 1. The van der Waals surface area contributed by atoms with Gasteiger partial charge in [-0.25, -0.2) is 9.97 Å². The minimum Gasteiger partial charge on any atom is -0.341 e. The quantitative estimate of drug-likeness (QED) is 0.773. The fraction of sp³-hybridized carbons (Fsp3) is 0.636. The molecule has 15 heavy (non-hydrogen) atoms. The molecule has 0 N–H and O–H groups in total. The van der Waals surface area contributed by atoms with Gasteiger partial charge in [0.05, 0.1) is 0 Å². The minimum absolute atomic E-state index is 0.762. The van der Waals surface area contributed by atoms with Crippen LogP contribution in [0.4, 0.5) is 5.95 Å². The summed E-state index contributed by atoms with van der Waals surface area (Å²) in [6.45, 7) is 4.48. The molecule has 1 fully saturated rings. The summed E-state index contributed by atoms with van der Waals surface area (Å²) in [5.74, 6) is 1.64. The van der Waals surface area contributed by atoms with Gasteiger partial charge in [0, 0.05) is 30.8 Å². The van der Waals surface area contributed by atoms with Gasteiger partial charge >= 0.3 is 0 Å². The molecule has 2 heterocycles. The van der Waals surface area contributed by atoms with Crippen molar-refractivity contribution in [1.82, 2.24) is 9.97 Å². The van der Waals surface area contributed by atoms with Gasteiger partial charge in [-0.3, -0.25) is 0 Å². The first kappa shape index (κ1) is 10.9. The van der Waals surface area contributed by atoms with E-state index < -0.39 is 0 Å². The lowest BCUT2D eigenvalue weighted by molar-refractivity contribution is 0.442. The Bertz CT molecular complexity index is 312. The van der Waals surface area contributed by atoms with E-state index in [0.29, 0.717) is 0 Å². The van der Waals surface area contributed by atoms with Crippen LogP contribution in [0.3, 0.4) is 0 Å². The Labute approximate surface area is 99.0 Å². The molecular weight excluding hydrogens is 254 g/mol. The van der Waals surface area contributed by atoms with Gasteiger partial charge < -0.3 is 4.90 Å². The van der Waals surface area contributed by atoms with E-state index in [1.165, 1.54) is 12.8 Å². The van der Waals surface area contributed by atoms with Crippen molar-refractivity contribution in [1.29, 1.82) is 0 Å². The minimum atomic E-state index is 0.762. The third-order valence-electron chi connectivity index (χ3n) is 2.79. The fourth-order valence-corrected chi connectivity index (χ4v) is 2.24. The van der Waals surface area contributed by atoms with E-state index in [4.69, 9.17) is 0 Å². The molecule has 1 aromatic rings. The van der Waals surface area contributed by atoms with Crippen molar-refractivity contribution >= 4 is 21.9 Å². The topological polar surface area (TPSA) is 29.0 Å². The number of aromatic nitrogens is 2. The van der Waals surface area contributed by atoms with Crippen LogP contribution in [-0.4, -0.2) is 23.1 Å². The van der Waals surface area contributed by atoms with Crippen molar-refractivity contribution in [3.05, 3.63) is 18.0 Å². The molecule has 1 atom stereocenters. The third kappa shape index (κ3) is 2.68. The van der Waals surface area contributed by atoms with Crippen LogP contribution in [0.5, 0.6) is 0 Å². The summed E-state index contributed by atoms with van der Waals surface area (Å²) in [5, 5.41) is 0.823. The summed E-state index contributed by atoms with van der Waals surface area (Å²) < 4.78 is 0. The van der Waals surface area contributed by atoms with Crippen LogP contribution in [0.25, 0.3) is 0 Å². The highest BCUT2D eigenvalue weighted by molar-refractivity contribution is 9.08. The molecule has 1 saturated heterocycles. The van der Waals surface area contributed by atoms with Gasteiger partial charge in [-0.05, 0) is 24.3 Å². The van der Waals surface area contributed by atoms with Gasteiger partial charge in [0.1, 0.15) is 0 Å². The lowest BCUT2D eigenvalue weighted by atomic mass is 10.0. The van der Waals surface area contributed by atoms with E-state index in [1.54, 1.807) is 0 Å². The molecule has 0 spiro atoms. The smallest absolute Gasteiger partial charge is 0.225 e. The molecule has 0 amide bonds. The lowest BCUT2D eigenvalue weighted by Gasteiger charge is -2.30. The lowest BCUT2D eigenvalue weighted by Crippen LogP contribution is -2.35. The molecule has 0 radical (unpaired) electrons. The van der Waals surface area contributed by atoms with Crippen LogP contribution in [0, 0.1) is 5.92 Å². The van der Waals surface area contributed by atoms with E-state index >= 15 is 0 Å². The third-order valence-corrected chi connectivity index (χ3v) is 3.43. The zero-order valence-electron chi connectivity index (χ0n) is 8.99. The molecule has 0 aromatic carbocycles. The van der Waals surface area contributed by atoms with Crippen LogP contribution in [0.1, 0.15) is 25.3 Å². The van der Waals surface area contributed by atoms with Gasteiger partial charge in [0.2, 0.25) is 5.95 Å². The molecule has 3 nitrogen and oxygen atoms in total. The largest absolute Gasteiger partial charge is 0.341 e. The second-order valence-electron chi connectivity index (χ2n) is 4.22. The monoisotopic (exact) mass is 269 g/mol. The molecule has 1 aliphatic rings. The van der Waals surface area contributed by atoms with E-state index in [1.807, 2.05) is 12.4 Å². The average Bonchev–Trinajstić information content (AvgIpc) is 2.29. The summed E-state index contributed by atoms with van der Waals surface area (Å²) in [6, 6.07) is 0. The van der Waals surface area contributed by atoms with Gasteiger partial charge in [0.25, 0.3) is 0 Å². The first-order chi connectivity index (χ1) is 7.29. The van der Waals surface area contributed by atoms with E-state index in [0.717, 1.165) is 35.8 Å². The molecule has 82 valence electrons. The SMILES string of the molecule is CC1CCCN(c2ncc(CBr)cn2)C1. The molecule has 0 aliphatic carbocycles. The Kier molecular flexibility index (Phi) is 3.57. The van der Waals surface area contributed by atoms with Gasteiger partial charge in [-0.2, -0.15) is 0 Å². The Morgan fingerprint density at radius 2 is 2.20 bits per heavy atom. The number of alkyl halides is 1. The Balaban J connectivity index is 2.07. The van der Waals surface area contributed by atoms with Crippen LogP contribution >= 0.6 is 15.9 Å². The number of anilines is 1. The molecule has 2 rings (SSSR count). The normalized spacial score (nSPS) is 21.7. The average molecular weight is 270 g/mol.